The molecule has 0 fully saturated rings. The number of hydrogen-bond acceptors (Lipinski definition) is 2. The third-order valence-corrected chi connectivity index (χ3v) is 3.71. The van der Waals surface area contributed by atoms with E-state index < -0.39 is 0 Å². The zero-order valence-corrected chi connectivity index (χ0v) is 13.1. The van der Waals surface area contributed by atoms with Crippen molar-refractivity contribution in [2.45, 2.75) is 40.0 Å². The van der Waals surface area contributed by atoms with E-state index in [2.05, 4.69) is 31.1 Å². The number of aromatic nitrogens is 1. The van der Waals surface area contributed by atoms with Gasteiger partial charge in [0.15, 0.2) is 0 Å². The standard InChI is InChI=1S/C16H20ClFN2/c1-5-8-19-16-13(9(2)3)10(4)20-15-12(18)7-6-11(17)14(15)16/h6-7,9H,5,8H2,1-4H3,(H,19,20). The molecule has 0 atom stereocenters. The van der Waals surface area contributed by atoms with Crippen LogP contribution in [0.5, 0.6) is 0 Å². The summed E-state index contributed by atoms with van der Waals surface area (Å²) >= 11 is 6.30. The van der Waals surface area contributed by atoms with Crippen LogP contribution in [0.2, 0.25) is 5.02 Å². The van der Waals surface area contributed by atoms with Crippen LogP contribution in [0.4, 0.5) is 10.1 Å². The Kier molecular flexibility index (Phi) is 4.48. The number of nitrogens with one attached hydrogen (secondary N) is 1. The van der Waals surface area contributed by atoms with Crippen molar-refractivity contribution < 1.29 is 4.39 Å². The Morgan fingerprint density at radius 2 is 2.05 bits per heavy atom. The van der Waals surface area contributed by atoms with E-state index in [-0.39, 0.29) is 5.82 Å². The van der Waals surface area contributed by atoms with E-state index >= 15 is 0 Å². The van der Waals surface area contributed by atoms with E-state index in [4.69, 9.17) is 11.6 Å². The van der Waals surface area contributed by atoms with Crippen LogP contribution < -0.4 is 5.32 Å². The first kappa shape index (κ1) is 15.0. The van der Waals surface area contributed by atoms with Crippen LogP contribution in [0.25, 0.3) is 10.9 Å². The first-order valence-corrected chi connectivity index (χ1v) is 7.37. The van der Waals surface area contributed by atoms with Gasteiger partial charge < -0.3 is 5.32 Å². The molecule has 1 aromatic carbocycles. The zero-order chi connectivity index (χ0) is 14.9. The van der Waals surface area contributed by atoms with Crippen LogP contribution in [-0.4, -0.2) is 11.5 Å². The maximum atomic E-state index is 14.0. The largest absolute Gasteiger partial charge is 0.384 e. The van der Waals surface area contributed by atoms with Gasteiger partial charge in [0.25, 0.3) is 0 Å². The van der Waals surface area contributed by atoms with Gasteiger partial charge >= 0.3 is 0 Å². The van der Waals surface area contributed by atoms with Crippen molar-refractivity contribution in [1.82, 2.24) is 4.98 Å². The summed E-state index contributed by atoms with van der Waals surface area (Å²) in [4.78, 5) is 4.43. The van der Waals surface area contributed by atoms with Gasteiger partial charge in [0.05, 0.1) is 10.7 Å². The first-order chi connectivity index (χ1) is 9.47. The molecule has 0 aliphatic carbocycles. The fourth-order valence-electron chi connectivity index (χ4n) is 2.57. The number of benzene rings is 1. The Balaban J connectivity index is 2.84. The molecule has 0 amide bonds. The molecular weight excluding hydrogens is 275 g/mol. The Labute approximate surface area is 124 Å². The highest BCUT2D eigenvalue weighted by Gasteiger charge is 2.19. The third-order valence-electron chi connectivity index (χ3n) is 3.40. The lowest BCUT2D eigenvalue weighted by atomic mass is 9.96. The monoisotopic (exact) mass is 294 g/mol. The fraction of sp³-hybridized carbons (Fsp3) is 0.438. The van der Waals surface area contributed by atoms with Crippen molar-refractivity contribution in [2.75, 3.05) is 11.9 Å². The minimum Gasteiger partial charge on any atom is -0.384 e. The van der Waals surface area contributed by atoms with E-state index in [9.17, 15) is 4.39 Å². The number of aryl methyl sites for hydroxylation is 1. The molecule has 108 valence electrons. The van der Waals surface area contributed by atoms with Crippen molar-refractivity contribution in [2.24, 2.45) is 0 Å². The van der Waals surface area contributed by atoms with Gasteiger partial charge in [0, 0.05) is 17.6 Å². The van der Waals surface area contributed by atoms with Crippen LogP contribution >= 0.6 is 11.6 Å². The van der Waals surface area contributed by atoms with Crippen molar-refractivity contribution in [3.63, 3.8) is 0 Å². The summed E-state index contributed by atoms with van der Waals surface area (Å²) in [5.74, 6) is -0.0343. The molecule has 4 heteroatoms. The van der Waals surface area contributed by atoms with Crippen LogP contribution in [0.3, 0.4) is 0 Å². The maximum absolute atomic E-state index is 14.0. The van der Waals surface area contributed by atoms with Gasteiger partial charge in [-0.05, 0) is 37.0 Å². The molecule has 2 nitrogen and oxygen atoms in total. The number of halogens is 2. The quantitative estimate of drug-likeness (QED) is 0.829. The summed E-state index contributed by atoms with van der Waals surface area (Å²) < 4.78 is 14.0. The molecular formula is C16H20ClFN2. The van der Waals surface area contributed by atoms with Crippen molar-refractivity contribution in [1.29, 1.82) is 0 Å². The summed E-state index contributed by atoms with van der Waals surface area (Å²) in [6.45, 7) is 9.07. The molecule has 0 bridgehead atoms. The van der Waals surface area contributed by atoms with Crippen LogP contribution in [0.1, 0.15) is 44.4 Å². The highest BCUT2D eigenvalue weighted by molar-refractivity contribution is 6.36. The number of hydrogen-bond donors (Lipinski definition) is 1. The third kappa shape index (κ3) is 2.59. The van der Waals surface area contributed by atoms with E-state index in [1.807, 2.05) is 6.92 Å². The summed E-state index contributed by atoms with van der Waals surface area (Å²) in [5.41, 5.74) is 3.23. The molecule has 0 saturated carbocycles. The van der Waals surface area contributed by atoms with Crippen molar-refractivity contribution >= 4 is 28.2 Å². The molecule has 1 aromatic heterocycles. The Bertz CT molecular complexity index is 638. The van der Waals surface area contributed by atoms with Gasteiger partial charge in [0.1, 0.15) is 11.3 Å². The number of nitrogens with zero attached hydrogens (tertiary/aromatic N) is 1. The predicted molar refractivity (Wildman–Crippen MR) is 84.3 cm³/mol. The average molecular weight is 295 g/mol. The van der Waals surface area contributed by atoms with Crippen LogP contribution in [0.15, 0.2) is 12.1 Å². The number of fused-ring (bicyclic) bond motifs is 1. The second-order valence-electron chi connectivity index (χ2n) is 5.32. The first-order valence-electron chi connectivity index (χ1n) is 6.99. The molecule has 2 aromatic rings. The Morgan fingerprint density at radius 1 is 1.35 bits per heavy atom. The summed E-state index contributed by atoms with van der Waals surface area (Å²) in [6.07, 6.45) is 0.993. The lowest BCUT2D eigenvalue weighted by molar-refractivity contribution is 0.636. The van der Waals surface area contributed by atoms with E-state index in [0.717, 1.165) is 29.9 Å². The minimum atomic E-state index is -0.331. The smallest absolute Gasteiger partial charge is 0.149 e. The average Bonchev–Trinajstić information content (AvgIpc) is 2.39. The highest BCUT2D eigenvalue weighted by atomic mass is 35.5. The molecule has 0 radical (unpaired) electrons. The van der Waals surface area contributed by atoms with Crippen molar-refractivity contribution in [3.05, 3.63) is 34.2 Å². The number of pyridine rings is 1. The second-order valence-corrected chi connectivity index (χ2v) is 5.73. The Morgan fingerprint density at radius 3 is 2.65 bits per heavy atom. The predicted octanol–water partition coefficient (Wildman–Crippen LogP) is 5.28. The lowest BCUT2D eigenvalue weighted by Gasteiger charge is -2.20. The van der Waals surface area contributed by atoms with Crippen LogP contribution in [-0.2, 0) is 0 Å². The Hall–Kier alpha value is -1.35. The number of anilines is 1. The molecule has 1 heterocycles. The summed E-state index contributed by atoms with van der Waals surface area (Å²) in [5, 5.41) is 4.63. The molecule has 0 unspecified atom stereocenters. The second kappa shape index (κ2) is 5.96. The van der Waals surface area contributed by atoms with Gasteiger partial charge in [-0.2, -0.15) is 0 Å². The van der Waals surface area contributed by atoms with Gasteiger partial charge in [-0.1, -0.05) is 32.4 Å². The fourth-order valence-corrected chi connectivity index (χ4v) is 2.82. The summed E-state index contributed by atoms with van der Waals surface area (Å²) in [6, 6.07) is 2.97. The number of rotatable bonds is 4. The van der Waals surface area contributed by atoms with Gasteiger partial charge in [-0.25, -0.2) is 9.37 Å². The topological polar surface area (TPSA) is 24.9 Å². The van der Waals surface area contributed by atoms with Crippen LogP contribution in [0, 0.1) is 12.7 Å². The molecule has 0 saturated heterocycles. The maximum Gasteiger partial charge on any atom is 0.149 e. The molecule has 0 spiro atoms. The molecule has 0 aliphatic rings. The van der Waals surface area contributed by atoms with Gasteiger partial charge in [-0.3, -0.25) is 0 Å². The van der Waals surface area contributed by atoms with Crippen molar-refractivity contribution in [3.8, 4) is 0 Å². The van der Waals surface area contributed by atoms with E-state index in [1.165, 1.54) is 6.07 Å². The van der Waals surface area contributed by atoms with Gasteiger partial charge in [0.2, 0.25) is 0 Å². The zero-order valence-electron chi connectivity index (χ0n) is 12.3. The van der Waals surface area contributed by atoms with E-state index in [1.54, 1.807) is 6.07 Å². The SMILES string of the molecule is CCCNc1c(C(C)C)c(C)nc2c(F)ccc(Cl)c12. The van der Waals surface area contributed by atoms with Gasteiger partial charge in [-0.15, -0.1) is 0 Å². The lowest BCUT2D eigenvalue weighted by Crippen LogP contribution is -2.09. The summed E-state index contributed by atoms with van der Waals surface area (Å²) in [7, 11) is 0. The van der Waals surface area contributed by atoms with E-state index in [0.29, 0.717) is 21.8 Å². The molecule has 20 heavy (non-hydrogen) atoms. The minimum absolute atomic E-state index is 0.297. The molecule has 1 N–H and O–H groups in total. The molecule has 0 aliphatic heterocycles. The normalized spacial score (nSPS) is 11.3. The highest BCUT2D eigenvalue weighted by Crippen LogP contribution is 2.38. The molecule has 2 rings (SSSR count).